The van der Waals surface area contributed by atoms with Crippen LogP contribution in [0, 0.1) is 0 Å². The molecule has 2 nitrogen and oxygen atoms in total. The van der Waals surface area contributed by atoms with E-state index in [1.807, 2.05) is 0 Å². The molecule has 2 heteroatoms. The van der Waals surface area contributed by atoms with Gasteiger partial charge in [0.2, 0.25) is 0 Å². The van der Waals surface area contributed by atoms with Crippen LogP contribution in [0.2, 0.25) is 0 Å². The summed E-state index contributed by atoms with van der Waals surface area (Å²) >= 11 is 0. The molecule has 0 fully saturated rings. The quantitative estimate of drug-likeness (QED) is 0.245. The first-order valence-electron chi connectivity index (χ1n) is 12.5. The van der Waals surface area contributed by atoms with Crippen molar-refractivity contribution in [3.8, 4) is 5.69 Å². The Balaban J connectivity index is 1.40. The van der Waals surface area contributed by atoms with E-state index in [1.165, 1.54) is 55.1 Å². The van der Waals surface area contributed by atoms with Crippen LogP contribution >= 0.6 is 0 Å². The molecule has 0 atom stereocenters. The molecule has 0 saturated heterocycles. The lowest BCUT2D eigenvalue weighted by molar-refractivity contribution is 0.525. The van der Waals surface area contributed by atoms with E-state index in [2.05, 4.69) is 109 Å². The minimum atomic E-state index is -0.0184. The Bertz CT molecular complexity index is 1820. The maximum atomic E-state index is 6.32. The lowest BCUT2D eigenvalue weighted by Crippen LogP contribution is -2.19. The molecule has 2 aliphatic rings. The van der Waals surface area contributed by atoms with Gasteiger partial charge in [-0.25, -0.2) is 0 Å². The highest BCUT2D eigenvalue weighted by molar-refractivity contribution is 6.09. The van der Waals surface area contributed by atoms with Crippen molar-refractivity contribution in [2.24, 2.45) is 0 Å². The molecule has 0 spiro atoms. The molecule has 0 radical (unpaired) electrons. The van der Waals surface area contributed by atoms with Crippen molar-refractivity contribution in [3.63, 3.8) is 0 Å². The second kappa shape index (κ2) is 6.55. The van der Waals surface area contributed by atoms with E-state index in [0.29, 0.717) is 0 Å². The largest absolute Gasteiger partial charge is 0.460 e. The second-order valence-corrected chi connectivity index (χ2v) is 10.5. The average Bonchev–Trinajstić information content (AvgIpc) is 3.50. The number of fused-ring (bicyclic) bond motifs is 9. The van der Waals surface area contributed by atoms with Gasteiger partial charge in [0, 0.05) is 39.2 Å². The van der Waals surface area contributed by atoms with Gasteiger partial charge in [-0.05, 0) is 53.5 Å². The molecule has 8 rings (SSSR count). The Morgan fingerprint density at radius 3 is 2.11 bits per heavy atom. The van der Waals surface area contributed by atoms with E-state index in [-0.39, 0.29) is 5.41 Å². The molecule has 0 saturated carbocycles. The summed E-state index contributed by atoms with van der Waals surface area (Å²) in [6, 6.07) is 33.1. The third-order valence-electron chi connectivity index (χ3n) is 8.36. The van der Waals surface area contributed by atoms with E-state index in [9.17, 15) is 0 Å². The van der Waals surface area contributed by atoms with Crippen LogP contribution < -0.4 is 0 Å². The zero-order valence-electron chi connectivity index (χ0n) is 19.9. The van der Waals surface area contributed by atoms with Crippen molar-refractivity contribution >= 4 is 38.3 Å². The highest BCUT2D eigenvalue weighted by Crippen LogP contribution is 2.55. The summed E-state index contributed by atoms with van der Waals surface area (Å²) < 4.78 is 8.75. The highest BCUT2D eigenvalue weighted by Gasteiger charge is 2.42. The summed E-state index contributed by atoms with van der Waals surface area (Å²) in [5.41, 5.74) is 11.8. The van der Waals surface area contributed by atoms with Gasteiger partial charge in [0.05, 0.1) is 11.0 Å². The first-order chi connectivity index (χ1) is 17.1. The summed E-state index contributed by atoms with van der Waals surface area (Å²) in [6.07, 6.45) is 2.02. The van der Waals surface area contributed by atoms with E-state index >= 15 is 0 Å². The van der Waals surface area contributed by atoms with Crippen LogP contribution in [0.25, 0.3) is 44.0 Å². The number of benzene rings is 4. The predicted octanol–water partition coefficient (Wildman–Crippen LogP) is 8.57. The van der Waals surface area contributed by atoms with Crippen LogP contribution in [-0.4, -0.2) is 4.57 Å². The summed E-state index contributed by atoms with van der Waals surface area (Å²) in [4.78, 5) is 0. The molecule has 0 aliphatic heterocycles. The number of aromatic nitrogens is 1. The number of para-hydroxylation sites is 3. The van der Waals surface area contributed by atoms with Crippen molar-refractivity contribution in [2.45, 2.75) is 32.1 Å². The molecule has 35 heavy (non-hydrogen) atoms. The lowest BCUT2D eigenvalue weighted by Gasteiger charge is -2.27. The monoisotopic (exact) mass is 451 g/mol. The molecule has 6 aromatic rings. The number of rotatable bonds is 1. The van der Waals surface area contributed by atoms with Gasteiger partial charge in [0.15, 0.2) is 0 Å². The van der Waals surface area contributed by atoms with Gasteiger partial charge >= 0.3 is 0 Å². The summed E-state index contributed by atoms with van der Waals surface area (Å²) in [7, 11) is 0. The van der Waals surface area contributed by atoms with Gasteiger partial charge in [-0.15, -0.1) is 0 Å². The molecule has 0 unspecified atom stereocenters. The number of furan rings is 1. The Labute approximate surface area is 204 Å². The van der Waals surface area contributed by atoms with Crippen molar-refractivity contribution < 1.29 is 4.42 Å². The topological polar surface area (TPSA) is 18.1 Å². The summed E-state index contributed by atoms with van der Waals surface area (Å²) in [6.45, 7) is 4.80. The number of allylic oxidation sites excluding steroid dienone is 1. The van der Waals surface area contributed by atoms with Crippen molar-refractivity contribution in [3.05, 3.63) is 119 Å². The first-order valence-corrected chi connectivity index (χ1v) is 12.5. The van der Waals surface area contributed by atoms with Crippen LogP contribution in [0.3, 0.4) is 0 Å². The van der Waals surface area contributed by atoms with Crippen LogP contribution in [0.1, 0.15) is 42.7 Å². The van der Waals surface area contributed by atoms with Gasteiger partial charge in [-0.1, -0.05) is 80.1 Å². The van der Waals surface area contributed by atoms with Crippen molar-refractivity contribution in [1.82, 2.24) is 4.57 Å². The zero-order chi connectivity index (χ0) is 23.3. The van der Waals surface area contributed by atoms with Gasteiger partial charge in [0.25, 0.3) is 0 Å². The average molecular weight is 452 g/mol. The van der Waals surface area contributed by atoms with Gasteiger partial charge in [0.1, 0.15) is 11.3 Å². The van der Waals surface area contributed by atoms with Crippen molar-refractivity contribution in [1.29, 1.82) is 0 Å². The molecule has 0 amide bonds. The predicted molar refractivity (Wildman–Crippen MR) is 144 cm³/mol. The Morgan fingerprint density at radius 1 is 0.714 bits per heavy atom. The molecule has 2 aromatic heterocycles. The van der Waals surface area contributed by atoms with E-state index in [1.54, 1.807) is 5.57 Å². The second-order valence-electron chi connectivity index (χ2n) is 10.5. The molecular formula is C33H25NO. The van der Waals surface area contributed by atoms with E-state index < -0.39 is 0 Å². The van der Waals surface area contributed by atoms with Crippen LogP contribution in [0.15, 0.2) is 101 Å². The SMILES string of the molecule is CC1(C)C2=C(c3ccc(-n4c5ccccc5c5ccccc54)cc31)c1c(oc3ccccc13)CC2. The van der Waals surface area contributed by atoms with Gasteiger partial charge in [-0.3, -0.25) is 0 Å². The first kappa shape index (κ1) is 19.3. The number of hydrogen-bond donors (Lipinski definition) is 0. The fourth-order valence-corrected chi connectivity index (χ4v) is 6.75. The Morgan fingerprint density at radius 2 is 1.37 bits per heavy atom. The molecule has 168 valence electrons. The zero-order valence-corrected chi connectivity index (χ0v) is 19.9. The van der Waals surface area contributed by atoms with E-state index in [0.717, 1.165) is 24.2 Å². The minimum absolute atomic E-state index is 0.0184. The maximum absolute atomic E-state index is 6.32. The number of hydrogen-bond acceptors (Lipinski definition) is 1. The Kier molecular flexibility index (Phi) is 3.61. The van der Waals surface area contributed by atoms with Crippen LogP contribution in [-0.2, 0) is 11.8 Å². The van der Waals surface area contributed by atoms with Gasteiger partial charge in [-0.2, -0.15) is 0 Å². The normalized spacial score (nSPS) is 16.2. The number of nitrogens with zero attached hydrogens (tertiary/aromatic N) is 1. The summed E-state index contributed by atoms with van der Waals surface area (Å²) in [5.74, 6) is 1.14. The third kappa shape index (κ3) is 2.39. The Hall–Kier alpha value is -4.04. The number of aryl methyl sites for hydroxylation is 1. The van der Waals surface area contributed by atoms with Crippen LogP contribution in [0.5, 0.6) is 0 Å². The molecular weight excluding hydrogens is 426 g/mol. The molecule has 2 aliphatic carbocycles. The molecule has 0 bridgehead atoms. The standard InChI is InChI=1S/C33H25NO/c1-33(2)25-17-18-30-32(24-11-5-8-14-29(24)35-30)31(25)23-16-15-20(19-26(23)33)34-27-12-6-3-9-21(27)22-10-4-7-13-28(22)34/h3-16,19H,17-18H2,1-2H3. The third-order valence-corrected chi connectivity index (χ3v) is 8.36. The highest BCUT2D eigenvalue weighted by atomic mass is 16.3. The fraction of sp³-hybridized carbons (Fsp3) is 0.152. The maximum Gasteiger partial charge on any atom is 0.134 e. The fourth-order valence-electron chi connectivity index (χ4n) is 6.75. The lowest BCUT2D eigenvalue weighted by atomic mass is 9.77. The molecule has 2 heterocycles. The molecule has 0 N–H and O–H groups in total. The summed E-state index contributed by atoms with van der Waals surface area (Å²) in [5, 5.41) is 3.84. The van der Waals surface area contributed by atoms with Gasteiger partial charge < -0.3 is 8.98 Å². The van der Waals surface area contributed by atoms with E-state index in [4.69, 9.17) is 4.42 Å². The smallest absolute Gasteiger partial charge is 0.134 e. The van der Waals surface area contributed by atoms with Crippen molar-refractivity contribution in [2.75, 3.05) is 0 Å². The minimum Gasteiger partial charge on any atom is -0.460 e. The molecule has 4 aromatic carbocycles. The van der Waals surface area contributed by atoms with Crippen LogP contribution in [0.4, 0.5) is 0 Å².